The third-order valence-electron chi connectivity index (χ3n) is 5.06. The van der Waals surface area contributed by atoms with E-state index >= 15 is 0 Å². The van der Waals surface area contributed by atoms with Crippen LogP contribution >= 0.6 is 0 Å². The van der Waals surface area contributed by atoms with Crippen molar-refractivity contribution < 1.29 is 5.11 Å². The first-order chi connectivity index (χ1) is 13.2. The highest BCUT2D eigenvalue weighted by atomic mass is 16.3. The van der Waals surface area contributed by atoms with E-state index in [0.29, 0.717) is 5.69 Å². The molecule has 0 unspecified atom stereocenters. The van der Waals surface area contributed by atoms with Gasteiger partial charge in [0.25, 0.3) is 0 Å². The number of aryl methyl sites for hydroxylation is 2. The number of nitrogens with zero attached hydrogens (tertiary/aromatic N) is 6. The van der Waals surface area contributed by atoms with Crippen molar-refractivity contribution in [3.05, 3.63) is 70.8 Å². The average Bonchev–Trinajstić information content (AvgIpc) is 3.23. The van der Waals surface area contributed by atoms with Crippen molar-refractivity contribution in [3.8, 4) is 6.07 Å². The minimum atomic E-state index is -0.787. The predicted octanol–water partition coefficient (Wildman–Crippen LogP) is 1.98. The molecule has 138 valence electrons. The Kier molecular flexibility index (Phi) is 4.75. The molecule has 0 fully saturated rings. The number of aliphatic hydroxyl groups is 1. The number of rotatable bonds is 4. The number of aromatic nitrogens is 4. The normalized spacial score (nSPS) is 15.7. The van der Waals surface area contributed by atoms with Gasteiger partial charge in [-0.2, -0.15) is 15.5 Å². The molecule has 1 atom stereocenters. The summed E-state index contributed by atoms with van der Waals surface area (Å²) in [6.07, 6.45) is 1.86. The zero-order valence-corrected chi connectivity index (χ0v) is 15.3. The van der Waals surface area contributed by atoms with Crippen molar-refractivity contribution in [1.29, 1.82) is 5.26 Å². The Labute approximate surface area is 158 Å². The minimum absolute atomic E-state index is 0.646. The Balaban J connectivity index is 1.55. The van der Waals surface area contributed by atoms with Gasteiger partial charge in [0.15, 0.2) is 0 Å². The van der Waals surface area contributed by atoms with Crippen molar-refractivity contribution >= 4 is 0 Å². The van der Waals surface area contributed by atoms with Gasteiger partial charge >= 0.3 is 0 Å². The van der Waals surface area contributed by atoms with E-state index in [-0.39, 0.29) is 0 Å². The molecule has 4 rings (SSSR count). The zero-order valence-electron chi connectivity index (χ0n) is 15.3. The molecule has 1 aliphatic rings. The largest absolute Gasteiger partial charge is 0.380 e. The fourth-order valence-corrected chi connectivity index (χ4v) is 3.63. The second-order valence-electron chi connectivity index (χ2n) is 6.90. The van der Waals surface area contributed by atoms with E-state index < -0.39 is 6.10 Å². The number of benzene rings is 1. The molecule has 0 amide bonds. The van der Waals surface area contributed by atoms with E-state index in [0.717, 1.165) is 55.1 Å². The molecule has 7 nitrogen and oxygen atoms in total. The SMILES string of the molecule is Cn1nccc1[C@@H](O)c1cc2n(n1)CCCN(Cc1ccccc1C#N)C2. The highest BCUT2D eigenvalue weighted by Gasteiger charge is 2.22. The molecule has 2 aromatic heterocycles. The number of hydrogen-bond acceptors (Lipinski definition) is 5. The monoisotopic (exact) mass is 362 g/mol. The van der Waals surface area contributed by atoms with E-state index in [1.807, 2.05) is 42.1 Å². The number of nitriles is 1. The maximum Gasteiger partial charge on any atom is 0.139 e. The summed E-state index contributed by atoms with van der Waals surface area (Å²) < 4.78 is 3.66. The highest BCUT2D eigenvalue weighted by Crippen LogP contribution is 2.24. The van der Waals surface area contributed by atoms with Crippen LogP contribution in [0.25, 0.3) is 0 Å². The Morgan fingerprint density at radius 3 is 2.89 bits per heavy atom. The van der Waals surface area contributed by atoms with Crippen molar-refractivity contribution in [2.24, 2.45) is 7.05 Å². The van der Waals surface area contributed by atoms with Crippen LogP contribution in [0, 0.1) is 11.3 Å². The molecule has 1 aliphatic heterocycles. The molecular weight excluding hydrogens is 340 g/mol. The quantitative estimate of drug-likeness (QED) is 0.767. The fraction of sp³-hybridized carbons (Fsp3) is 0.350. The Morgan fingerprint density at radius 2 is 2.11 bits per heavy atom. The van der Waals surface area contributed by atoms with E-state index in [2.05, 4.69) is 21.2 Å². The first kappa shape index (κ1) is 17.5. The minimum Gasteiger partial charge on any atom is -0.380 e. The van der Waals surface area contributed by atoms with Gasteiger partial charge in [0.05, 0.1) is 28.7 Å². The van der Waals surface area contributed by atoms with Gasteiger partial charge in [0, 0.05) is 39.4 Å². The van der Waals surface area contributed by atoms with Gasteiger partial charge in [-0.1, -0.05) is 18.2 Å². The molecule has 3 aromatic rings. The molecule has 7 heteroatoms. The molecular formula is C20H22N6O. The lowest BCUT2D eigenvalue weighted by atomic mass is 10.1. The van der Waals surface area contributed by atoms with Crippen LogP contribution in [-0.4, -0.2) is 36.1 Å². The van der Waals surface area contributed by atoms with E-state index in [4.69, 9.17) is 0 Å². The highest BCUT2D eigenvalue weighted by molar-refractivity contribution is 5.37. The molecule has 0 saturated heterocycles. The first-order valence-electron chi connectivity index (χ1n) is 9.08. The van der Waals surface area contributed by atoms with Crippen molar-refractivity contribution in [1.82, 2.24) is 24.5 Å². The molecule has 27 heavy (non-hydrogen) atoms. The van der Waals surface area contributed by atoms with Gasteiger partial charge in [-0.05, 0) is 30.2 Å². The van der Waals surface area contributed by atoms with Crippen LogP contribution in [0.2, 0.25) is 0 Å². The van der Waals surface area contributed by atoms with Crippen LogP contribution in [0.5, 0.6) is 0 Å². The van der Waals surface area contributed by atoms with Gasteiger partial charge in [-0.25, -0.2) is 0 Å². The van der Waals surface area contributed by atoms with Gasteiger partial charge in [-0.15, -0.1) is 0 Å². The summed E-state index contributed by atoms with van der Waals surface area (Å²) in [7, 11) is 1.81. The van der Waals surface area contributed by atoms with Gasteiger partial charge in [-0.3, -0.25) is 14.3 Å². The third-order valence-corrected chi connectivity index (χ3v) is 5.06. The zero-order chi connectivity index (χ0) is 18.8. The second-order valence-corrected chi connectivity index (χ2v) is 6.90. The van der Waals surface area contributed by atoms with E-state index in [9.17, 15) is 10.4 Å². The summed E-state index contributed by atoms with van der Waals surface area (Å²) >= 11 is 0. The molecule has 1 N–H and O–H groups in total. The summed E-state index contributed by atoms with van der Waals surface area (Å²) in [5.41, 5.74) is 4.22. The average molecular weight is 362 g/mol. The predicted molar refractivity (Wildman–Crippen MR) is 99.4 cm³/mol. The summed E-state index contributed by atoms with van der Waals surface area (Å²) in [6.45, 7) is 3.24. The van der Waals surface area contributed by atoms with Crippen LogP contribution in [-0.2, 0) is 26.7 Å². The molecule has 0 bridgehead atoms. The Morgan fingerprint density at radius 1 is 1.26 bits per heavy atom. The Bertz CT molecular complexity index is 983. The van der Waals surface area contributed by atoms with Gasteiger partial charge in [0.2, 0.25) is 0 Å². The van der Waals surface area contributed by atoms with Crippen molar-refractivity contribution in [2.75, 3.05) is 6.54 Å². The lowest BCUT2D eigenvalue weighted by molar-refractivity contribution is 0.203. The second kappa shape index (κ2) is 7.35. The topological polar surface area (TPSA) is 82.9 Å². The lowest BCUT2D eigenvalue weighted by Gasteiger charge is -2.20. The van der Waals surface area contributed by atoms with Crippen LogP contribution < -0.4 is 0 Å². The standard InChI is InChI=1S/C20H22N6O/c1-24-19(7-8-22-24)20(27)18-11-17-14-25(9-4-10-26(17)23-18)13-16-6-3-2-5-15(16)12-21/h2-3,5-8,11,20,27H,4,9-10,13-14H2,1H3/t20-/m0/s1. The van der Waals surface area contributed by atoms with E-state index in [1.165, 1.54) is 0 Å². The summed E-state index contributed by atoms with van der Waals surface area (Å²) in [6, 6.07) is 13.8. The fourth-order valence-electron chi connectivity index (χ4n) is 3.63. The van der Waals surface area contributed by atoms with Crippen LogP contribution in [0.4, 0.5) is 0 Å². The number of aliphatic hydroxyl groups excluding tert-OH is 1. The smallest absolute Gasteiger partial charge is 0.139 e. The molecule has 0 spiro atoms. The summed E-state index contributed by atoms with van der Waals surface area (Å²) in [4.78, 5) is 2.33. The molecule has 3 heterocycles. The maximum absolute atomic E-state index is 10.7. The van der Waals surface area contributed by atoms with Crippen molar-refractivity contribution in [3.63, 3.8) is 0 Å². The van der Waals surface area contributed by atoms with Crippen LogP contribution in [0.15, 0.2) is 42.6 Å². The van der Waals surface area contributed by atoms with Crippen LogP contribution in [0.3, 0.4) is 0 Å². The Hall–Kier alpha value is -2.95. The number of hydrogen-bond donors (Lipinski definition) is 1. The molecule has 0 radical (unpaired) electrons. The maximum atomic E-state index is 10.7. The van der Waals surface area contributed by atoms with Gasteiger partial charge < -0.3 is 5.11 Å². The molecule has 0 saturated carbocycles. The third kappa shape index (κ3) is 3.50. The van der Waals surface area contributed by atoms with Gasteiger partial charge in [0.1, 0.15) is 6.10 Å². The van der Waals surface area contributed by atoms with Crippen molar-refractivity contribution in [2.45, 2.75) is 32.2 Å². The lowest BCUT2D eigenvalue weighted by Crippen LogP contribution is -2.23. The first-order valence-corrected chi connectivity index (χ1v) is 9.08. The summed E-state index contributed by atoms with van der Waals surface area (Å²) in [5.74, 6) is 0. The van der Waals surface area contributed by atoms with Crippen LogP contribution in [0.1, 0.15) is 40.7 Å². The molecule has 1 aromatic carbocycles. The number of fused-ring (bicyclic) bond motifs is 1. The molecule has 0 aliphatic carbocycles. The summed E-state index contributed by atoms with van der Waals surface area (Å²) in [5, 5.41) is 28.7. The van der Waals surface area contributed by atoms with E-state index in [1.54, 1.807) is 16.9 Å².